The Bertz CT molecular complexity index is 693. The molecule has 0 aliphatic rings. The van der Waals surface area contributed by atoms with Gasteiger partial charge in [0.05, 0.1) is 0 Å². The molecule has 0 aliphatic carbocycles. The SMILES string of the molecule is CC(C)CC(NC(Cc1ccc(-n2cccc2)cc1)C(=O)O)C(=O)O. The van der Waals surface area contributed by atoms with Crippen LogP contribution in [0.3, 0.4) is 0 Å². The van der Waals surface area contributed by atoms with Gasteiger partial charge in [-0.3, -0.25) is 14.9 Å². The molecule has 3 N–H and O–H groups in total. The lowest BCUT2D eigenvalue weighted by molar-refractivity contribution is -0.142. The van der Waals surface area contributed by atoms with E-state index in [1.165, 1.54) is 0 Å². The zero-order valence-corrected chi connectivity index (χ0v) is 14.4. The number of carbonyl (C=O) groups is 2. The molecule has 2 rings (SSSR count). The zero-order valence-electron chi connectivity index (χ0n) is 14.4. The first-order valence-electron chi connectivity index (χ1n) is 8.30. The lowest BCUT2D eigenvalue weighted by Crippen LogP contribution is -2.48. The number of nitrogens with zero attached hydrogens (tertiary/aromatic N) is 1. The lowest BCUT2D eigenvalue weighted by Gasteiger charge is -2.22. The van der Waals surface area contributed by atoms with Gasteiger partial charge >= 0.3 is 11.9 Å². The van der Waals surface area contributed by atoms with Crippen LogP contribution in [0.4, 0.5) is 0 Å². The molecule has 0 aliphatic heterocycles. The largest absolute Gasteiger partial charge is 0.480 e. The maximum atomic E-state index is 11.5. The second-order valence-corrected chi connectivity index (χ2v) is 6.54. The molecule has 0 spiro atoms. The van der Waals surface area contributed by atoms with E-state index in [0.29, 0.717) is 6.42 Å². The maximum absolute atomic E-state index is 11.5. The van der Waals surface area contributed by atoms with Crippen molar-refractivity contribution in [3.63, 3.8) is 0 Å². The smallest absolute Gasteiger partial charge is 0.321 e. The summed E-state index contributed by atoms with van der Waals surface area (Å²) in [6, 6.07) is 9.60. The van der Waals surface area contributed by atoms with Crippen LogP contribution in [-0.4, -0.2) is 38.8 Å². The van der Waals surface area contributed by atoms with Crippen molar-refractivity contribution in [3.8, 4) is 5.69 Å². The highest BCUT2D eigenvalue weighted by molar-refractivity contribution is 5.77. The lowest BCUT2D eigenvalue weighted by atomic mass is 10.0. The molecule has 0 radical (unpaired) electrons. The molecular weight excluding hydrogens is 320 g/mol. The fraction of sp³-hybridized carbons (Fsp3) is 0.368. The first-order chi connectivity index (χ1) is 11.9. The van der Waals surface area contributed by atoms with E-state index in [0.717, 1.165) is 11.3 Å². The van der Waals surface area contributed by atoms with Crippen molar-refractivity contribution >= 4 is 11.9 Å². The Morgan fingerprint density at radius 1 is 1.00 bits per heavy atom. The van der Waals surface area contributed by atoms with Crippen molar-refractivity contribution in [2.24, 2.45) is 5.92 Å². The average molecular weight is 344 g/mol. The minimum atomic E-state index is -1.05. The van der Waals surface area contributed by atoms with E-state index in [1.807, 2.05) is 67.2 Å². The van der Waals surface area contributed by atoms with Crippen LogP contribution in [0, 0.1) is 5.92 Å². The molecule has 0 saturated carbocycles. The molecule has 134 valence electrons. The fourth-order valence-electron chi connectivity index (χ4n) is 2.72. The number of carboxylic acid groups (broad SMARTS) is 2. The van der Waals surface area contributed by atoms with Gasteiger partial charge in [-0.2, -0.15) is 0 Å². The van der Waals surface area contributed by atoms with E-state index in [9.17, 15) is 19.8 Å². The summed E-state index contributed by atoms with van der Waals surface area (Å²) in [6.07, 6.45) is 4.47. The molecule has 1 aromatic heterocycles. The van der Waals surface area contributed by atoms with Crippen molar-refractivity contribution in [3.05, 3.63) is 54.4 Å². The first kappa shape index (κ1) is 18.7. The van der Waals surface area contributed by atoms with Crippen LogP contribution in [0.1, 0.15) is 25.8 Å². The highest BCUT2D eigenvalue weighted by Gasteiger charge is 2.26. The number of nitrogens with one attached hydrogen (secondary N) is 1. The molecule has 6 nitrogen and oxygen atoms in total. The Hall–Kier alpha value is -2.60. The number of benzene rings is 1. The van der Waals surface area contributed by atoms with Gasteiger partial charge in [0, 0.05) is 18.1 Å². The number of hydrogen-bond donors (Lipinski definition) is 3. The zero-order chi connectivity index (χ0) is 18.4. The summed E-state index contributed by atoms with van der Waals surface area (Å²) in [4.78, 5) is 22.9. The van der Waals surface area contributed by atoms with Crippen LogP contribution in [0.15, 0.2) is 48.8 Å². The van der Waals surface area contributed by atoms with Gasteiger partial charge in [0.1, 0.15) is 12.1 Å². The van der Waals surface area contributed by atoms with Gasteiger partial charge in [0.2, 0.25) is 0 Å². The molecule has 2 aromatic rings. The minimum absolute atomic E-state index is 0.156. The molecule has 1 aromatic carbocycles. The Balaban J connectivity index is 2.08. The summed E-state index contributed by atoms with van der Waals surface area (Å²) >= 11 is 0. The molecule has 25 heavy (non-hydrogen) atoms. The second kappa shape index (κ2) is 8.48. The van der Waals surface area contributed by atoms with Crippen LogP contribution in [-0.2, 0) is 16.0 Å². The third-order valence-electron chi connectivity index (χ3n) is 3.98. The molecule has 2 atom stereocenters. The van der Waals surface area contributed by atoms with Gasteiger partial charge < -0.3 is 14.8 Å². The molecule has 6 heteroatoms. The molecule has 0 amide bonds. The summed E-state index contributed by atoms with van der Waals surface area (Å²) < 4.78 is 1.96. The van der Waals surface area contributed by atoms with E-state index in [-0.39, 0.29) is 12.3 Å². The second-order valence-electron chi connectivity index (χ2n) is 6.54. The van der Waals surface area contributed by atoms with Crippen molar-refractivity contribution in [2.75, 3.05) is 0 Å². The predicted molar refractivity (Wildman–Crippen MR) is 94.9 cm³/mol. The summed E-state index contributed by atoms with van der Waals surface area (Å²) in [5, 5.41) is 21.5. The van der Waals surface area contributed by atoms with E-state index in [2.05, 4.69) is 5.32 Å². The minimum Gasteiger partial charge on any atom is -0.480 e. The molecular formula is C19H24N2O4. The Morgan fingerprint density at radius 3 is 2.04 bits per heavy atom. The third kappa shape index (κ3) is 5.46. The Kier molecular flexibility index (Phi) is 6.36. The van der Waals surface area contributed by atoms with Crippen LogP contribution >= 0.6 is 0 Å². The Morgan fingerprint density at radius 2 is 1.56 bits per heavy atom. The summed E-state index contributed by atoms with van der Waals surface area (Å²) in [5.41, 5.74) is 1.82. The van der Waals surface area contributed by atoms with Crippen molar-refractivity contribution < 1.29 is 19.8 Å². The van der Waals surface area contributed by atoms with Crippen molar-refractivity contribution in [2.45, 2.75) is 38.8 Å². The van der Waals surface area contributed by atoms with Gasteiger partial charge in [-0.05, 0) is 48.6 Å². The van der Waals surface area contributed by atoms with E-state index in [1.54, 1.807) is 0 Å². The van der Waals surface area contributed by atoms with Gasteiger partial charge in [0.15, 0.2) is 0 Å². The predicted octanol–water partition coefficient (Wildman–Crippen LogP) is 2.56. The molecule has 0 fully saturated rings. The van der Waals surface area contributed by atoms with Crippen LogP contribution in [0.25, 0.3) is 5.69 Å². The average Bonchev–Trinajstić information content (AvgIpc) is 3.07. The normalized spacial score (nSPS) is 13.6. The fourth-order valence-corrected chi connectivity index (χ4v) is 2.72. The molecule has 2 unspecified atom stereocenters. The highest BCUT2D eigenvalue weighted by Crippen LogP contribution is 2.13. The summed E-state index contributed by atoms with van der Waals surface area (Å²) in [7, 11) is 0. The van der Waals surface area contributed by atoms with E-state index < -0.39 is 24.0 Å². The van der Waals surface area contributed by atoms with E-state index in [4.69, 9.17) is 0 Å². The summed E-state index contributed by atoms with van der Waals surface area (Å²) in [6.45, 7) is 3.82. The van der Waals surface area contributed by atoms with Crippen molar-refractivity contribution in [1.29, 1.82) is 0 Å². The molecule has 1 heterocycles. The number of aromatic nitrogens is 1. The van der Waals surface area contributed by atoms with Gasteiger partial charge in [-0.25, -0.2) is 0 Å². The van der Waals surface area contributed by atoms with Crippen LogP contribution < -0.4 is 5.32 Å². The number of aliphatic carboxylic acids is 2. The van der Waals surface area contributed by atoms with E-state index >= 15 is 0 Å². The summed E-state index contributed by atoms with van der Waals surface area (Å²) in [5.74, 6) is -1.92. The topological polar surface area (TPSA) is 91.6 Å². The first-order valence-corrected chi connectivity index (χ1v) is 8.30. The molecule has 0 saturated heterocycles. The quantitative estimate of drug-likeness (QED) is 0.650. The van der Waals surface area contributed by atoms with Gasteiger partial charge in [-0.1, -0.05) is 26.0 Å². The third-order valence-corrected chi connectivity index (χ3v) is 3.98. The number of hydrogen-bond acceptors (Lipinski definition) is 3. The van der Waals surface area contributed by atoms with Gasteiger partial charge in [-0.15, -0.1) is 0 Å². The Labute approximate surface area is 147 Å². The van der Waals surface area contributed by atoms with Crippen LogP contribution in [0.5, 0.6) is 0 Å². The standard InChI is InChI=1S/C19H24N2O4/c1-13(2)11-16(18(22)23)20-17(19(24)25)12-14-5-7-15(8-6-14)21-9-3-4-10-21/h3-10,13,16-17,20H,11-12H2,1-2H3,(H,22,23)(H,24,25). The molecule has 0 bridgehead atoms. The number of carboxylic acids is 2. The maximum Gasteiger partial charge on any atom is 0.321 e. The monoisotopic (exact) mass is 344 g/mol. The number of rotatable bonds is 9. The van der Waals surface area contributed by atoms with Gasteiger partial charge in [0.25, 0.3) is 0 Å². The highest BCUT2D eigenvalue weighted by atomic mass is 16.4. The van der Waals surface area contributed by atoms with Crippen LogP contribution in [0.2, 0.25) is 0 Å². The van der Waals surface area contributed by atoms with Crippen molar-refractivity contribution in [1.82, 2.24) is 9.88 Å².